The molecule has 0 unspecified atom stereocenters. The molecular weight excluding hydrogens is 285 g/mol. The van der Waals surface area contributed by atoms with E-state index in [1.807, 2.05) is 13.8 Å². The van der Waals surface area contributed by atoms with Gasteiger partial charge in [-0.05, 0) is 12.1 Å². The number of hydrogen-bond donors (Lipinski definition) is 1. The lowest BCUT2D eigenvalue weighted by atomic mass is 10.1. The number of halogens is 3. The van der Waals surface area contributed by atoms with Gasteiger partial charge in [-0.25, -0.2) is 9.78 Å². The van der Waals surface area contributed by atoms with Crippen LogP contribution in [0.5, 0.6) is 0 Å². The Kier molecular flexibility index (Phi) is 3.93. The van der Waals surface area contributed by atoms with E-state index < -0.39 is 18.6 Å². The first-order valence-corrected chi connectivity index (χ1v) is 6.50. The van der Waals surface area contributed by atoms with E-state index in [0.29, 0.717) is 11.3 Å². The molecule has 0 amide bonds. The van der Waals surface area contributed by atoms with E-state index in [-0.39, 0.29) is 23.5 Å². The van der Waals surface area contributed by atoms with E-state index in [9.17, 15) is 23.1 Å². The first-order valence-electron chi connectivity index (χ1n) is 6.50. The van der Waals surface area contributed by atoms with Gasteiger partial charge in [0.05, 0.1) is 23.0 Å². The molecule has 1 heterocycles. The molecule has 4 nitrogen and oxygen atoms in total. The van der Waals surface area contributed by atoms with Crippen molar-refractivity contribution in [2.75, 3.05) is 0 Å². The molecule has 0 saturated heterocycles. The second-order valence-corrected chi connectivity index (χ2v) is 5.12. The number of alkyl halides is 3. The van der Waals surface area contributed by atoms with Crippen LogP contribution in [0.2, 0.25) is 0 Å². The van der Waals surface area contributed by atoms with Crippen molar-refractivity contribution >= 4 is 17.0 Å². The van der Waals surface area contributed by atoms with Gasteiger partial charge < -0.3 is 9.67 Å². The van der Waals surface area contributed by atoms with Crippen LogP contribution in [-0.2, 0) is 6.54 Å². The minimum absolute atomic E-state index is 0.0333. The molecule has 1 N–H and O–H groups in total. The second-order valence-electron chi connectivity index (χ2n) is 5.12. The van der Waals surface area contributed by atoms with Crippen molar-refractivity contribution < 1.29 is 23.1 Å². The molecule has 7 heteroatoms. The van der Waals surface area contributed by atoms with Gasteiger partial charge in [-0.15, -0.1) is 0 Å². The van der Waals surface area contributed by atoms with Crippen molar-refractivity contribution in [1.82, 2.24) is 9.55 Å². The zero-order chi connectivity index (χ0) is 15.8. The maximum Gasteiger partial charge on any atom is 0.390 e. The third-order valence-corrected chi connectivity index (χ3v) is 3.16. The minimum atomic E-state index is -4.30. The first kappa shape index (κ1) is 15.3. The summed E-state index contributed by atoms with van der Waals surface area (Å²) in [6.07, 6.45) is -5.32. The van der Waals surface area contributed by atoms with Crippen LogP contribution in [0, 0.1) is 0 Å². The van der Waals surface area contributed by atoms with Crippen LogP contribution in [0.15, 0.2) is 18.2 Å². The van der Waals surface area contributed by atoms with Crippen molar-refractivity contribution in [3.05, 3.63) is 29.6 Å². The van der Waals surface area contributed by atoms with E-state index in [2.05, 4.69) is 4.98 Å². The number of carboxylic acids is 1. The lowest BCUT2D eigenvalue weighted by Gasteiger charge is -2.13. The minimum Gasteiger partial charge on any atom is -0.478 e. The highest BCUT2D eigenvalue weighted by Crippen LogP contribution is 2.28. The van der Waals surface area contributed by atoms with Crippen LogP contribution in [-0.4, -0.2) is 26.8 Å². The van der Waals surface area contributed by atoms with Crippen LogP contribution in [0.25, 0.3) is 11.0 Å². The molecule has 0 atom stereocenters. The predicted octanol–water partition coefficient (Wildman–Crippen LogP) is 3.81. The Bertz CT molecular complexity index is 675. The van der Waals surface area contributed by atoms with Gasteiger partial charge in [-0.2, -0.15) is 13.2 Å². The summed E-state index contributed by atoms with van der Waals surface area (Å²) in [7, 11) is 0. The lowest BCUT2D eigenvalue weighted by Crippen LogP contribution is -2.15. The maximum atomic E-state index is 12.5. The maximum absolute atomic E-state index is 12.5. The number of para-hydroxylation sites is 1. The summed E-state index contributed by atoms with van der Waals surface area (Å²) in [5, 5.41) is 9.22. The van der Waals surface area contributed by atoms with Crippen LogP contribution in [0.1, 0.15) is 42.4 Å². The number of nitrogens with zero attached hydrogens (tertiary/aromatic N) is 2. The Labute approximate surface area is 119 Å². The summed E-state index contributed by atoms with van der Waals surface area (Å²) in [6, 6.07) is 4.52. The summed E-state index contributed by atoms with van der Waals surface area (Å²) in [5.41, 5.74) is 0.618. The Balaban J connectivity index is 2.62. The Morgan fingerprint density at radius 1 is 1.38 bits per heavy atom. The van der Waals surface area contributed by atoms with E-state index in [1.54, 1.807) is 6.07 Å². The first-order chi connectivity index (χ1) is 9.70. The number of rotatable bonds is 4. The summed E-state index contributed by atoms with van der Waals surface area (Å²) < 4.78 is 38.8. The van der Waals surface area contributed by atoms with Gasteiger partial charge >= 0.3 is 12.1 Å². The Morgan fingerprint density at radius 3 is 2.57 bits per heavy atom. The standard InChI is InChI=1S/C14H15F3N2O2/c1-8(2)12-18-10-5-3-4-9(13(20)21)11(10)19(12)7-6-14(15,16)17/h3-5,8H,6-7H2,1-2H3,(H,20,21). The molecule has 21 heavy (non-hydrogen) atoms. The molecule has 1 aromatic carbocycles. The van der Waals surface area contributed by atoms with Crippen LogP contribution < -0.4 is 0 Å². The fourth-order valence-corrected chi connectivity index (χ4v) is 2.28. The van der Waals surface area contributed by atoms with Gasteiger partial charge in [0.1, 0.15) is 5.82 Å². The van der Waals surface area contributed by atoms with E-state index >= 15 is 0 Å². The zero-order valence-corrected chi connectivity index (χ0v) is 11.6. The number of hydrogen-bond acceptors (Lipinski definition) is 2. The lowest BCUT2D eigenvalue weighted by molar-refractivity contribution is -0.136. The van der Waals surface area contributed by atoms with Crippen LogP contribution in [0.4, 0.5) is 13.2 Å². The second kappa shape index (κ2) is 5.38. The highest BCUT2D eigenvalue weighted by molar-refractivity contribution is 6.01. The SMILES string of the molecule is CC(C)c1nc2cccc(C(=O)O)c2n1CCC(F)(F)F. The highest BCUT2D eigenvalue weighted by Gasteiger charge is 2.28. The third kappa shape index (κ3) is 3.17. The number of aromatic nitrogens is 2. The highest BCUT2D eigenvalue weighted by atomic mass is 19.4. The fourth-order valence-electron chi connectivity index (χ4n) is 2.28. The average molecular weight is 300 g/mol. The molecule has 0 aliphatic heterocycles. The number of carboxylic acid groups (broad SMARTS) is 1. The van der Waals surface area contributed by atoms with Crippen molar-refractivity contribution in [3.8, 4) is 0 Å². The molecule has 0 radical (unpaired) electrons. The van der Waals surface area contributed by atoms with Crippen molar-refractivity contribution in [2.24, 2.45) is 0 Å². The van der Waals surface area contributed by atoms with E-state index in [0.717, 1.165) is 0 Å². The van der Waals surface area contributed by atoms with E-state index in [1.165, 1.54) is 16.7 Å². The van der Waals surface area contributed by atoms with Gasteiger partial charge in [0, 0.05) is 12.5 Å². The van der Waals surface area contributed by atoms with Gasteiger partial charge in [-0.1, -0.05) is 19.9 Å². The molecular formula is C14H15F3N2O2. The molecule has 0 saturated carbocycles. The normalized spacial score (nSPS) is 12.3. The molecule has 0 fully saturated rings. The molecule has 0 aliphatic carbocycles. The average Bonchev–Trinajstić information content (AvgIpc) is 2.73. The number of benzene rings is 1. The summed E-state index contributed by atoms with van der Waals surface area (Å²) >= 11 is 0. The largest absolute Gasteiger partial charge is 0.478 e. The van der Waals surface area contributed by atoms with Gasteiger partial charge in [-0.3, -0.25) is 0 Å². The van der Waals surface area contributed by atoms with Gasteiger partial charge in [0.25, 0.3) is 0 Å². The summed E-state index contributed by atoms with van der Waals surface area (Å²) in [4.78, 5) is 15.6. The monoisotopic (exact) mass is 300 g/mol. The van der Waals surface area contributed by atoms with Gasteiger partial charge in [0.2, 0.25) is 0 Å². The molecule has 114 valence electrons. The summed E-state index contributed by atoms with van der Waals surface area (Å²) in [6.45, 7) is 3.29. The number of fused-ring (bicyclic) bond motifs is 1. The number of imidazole rings is 1. The molecule has 2 rings (SSSR count). The number of aromatic carboxylic acids is 1. The summed E-state index contributed by atoms with van der Waals surface area (Å²) in [5.74, 6) is -0.820. The Morgan fingerprint density at radius 2 is 2.05 bits per heavy atom. The molecule has 2 aromatic rings. The van der Waals surface area contributed by atoms with Gasteiger partial charge in [0.15, 0.2) is 0 Å². The van der Waals surface area contributed by atoms with Crippen molar-refractivity contribution in [2.45, 2.75) is 38.9 Å². The quantitative estimate of drug-likeness (QED) is 0.934. The third-order valence-electron chi connectivity index (χ3n) is 3.16. The number of carbonyl (C=O) groups is 1. The van der Waals surface area contributed by atoms with Crippen LogP contribution in [0.3, 0.4) is 0 Å². The topological polar surface area (TPSA) is 55.1 Å². The van der Waals surface area contributed by atoms with Crippen molar-refractivity contribution in [1.29, 1.82) is 0 Å². The van der Waals surface area contributed by atoms with E-state index in [4.69, 9.17) is 0 Å². The molecule has 1 aromatic heterocycles. The zero-order valence-electron chi connectivity index (χ0n) is 11.6. The molecule has 0 bridgehead atoms. The predicted molar refractivity (Wildman–Crippen MR) is 71.5 cm³/mol. The molecule has 0 aliphatic rings. The van der Waals surface area contributed by atoms with Crippen molar-refractivity contribution in [3.63, 3.8) is 0 Å². The smallest absolute Gasteiger partial charge is 0.390 e. The Hall–Kier alpha value is -2.05. The fraction of sp³-hybridized carbons (Fsp3) is 0.429. The van der Waals surface area contributed by atoms with Crippen LogP contribution >= 0.6 is 0 Å². The number of aryl methyl sites for hydroxylation is 1. The molecule has 0 spiro atoms.